The number of para-hydroxylation sites is 4. The van der Waals surface area contributed by atoms with Gasteiger partial charge in [0.1, 0.15) is 0 Å². The molecule has 0 amide bonds. The normalized spacial score (nSPS) is 11.6. The smallest absolute Gasteiger partial charge is 0.0468 e. The molecule has 4 heteroatoms. The molecule has 2 nitrogen and oxygen atoms in total. The number of nitrogens with zero attached hydrogens (tertiary/aromatic N) is 2. The molecule has 0 aliphatic heterocycles. The van der Waals surface area contributed by atoms with E-state index in [1.54, 1.807) is 22.7 Å². The Morgan fingerprint density at radius 1 is 0.212 bits per heavy atom. The number of anilines is 6. The second-order valence-corrected chi connectivity index (χ2v) is 18.8. The molecule has 310 valence electrons. The van der Waals surface area contributed by atoms with Crippen molar-refractivity contribution in [2.45, 2.75) is 0 Å². The molecule has 0 aliphatic rings. The van der Waals surface area contributed by atoms with Crippen LogP contribution in [0.4, 0.5) is 34.1 Å². The third kappa shape index (κ3) is 6.45. The van der Waals surface area contributed by atoms with Crippen LogP contribution in [0.15, 0.2) is 241 Å². The van der Waals surface area contributed by atoms with Crippen molar-refractivity contribution in [3.05, 3.63) is 241 Å². The van der Waals surface area contributed by atoms with Gasteiger partial charge in [0.25, 0.3) is 0 Å². The van der Waals surface area contributed by atoms with Crippen molar-refractivity contribution in [1.82, 2.24) is 0 Å². The van der Waals surface area contributed by atoms with Gasteiger partial charge in [0.2, 0.25) is 0 Å². The molecule has 0 N–H and O–H groups in total. The Balaban J connectivity index is 1.12. The van der Waals surface area contributed by atoms with E-state index in [4.69, 9.17) is 0 Å². The first-order valence-electron chi connectivity index (χ1n) is 22.4. The van der Waals surface area contributed by atoms with Gasteiger partial charge in [-0.2, -0.15) is 0 Å². The molecule has 13 aromatic rings. The van der Waals surface area contributed by atoms with Crippen LogP contribution in [0.5, 0.6) is 0 Å². The average Bonchev–Trinajstić information content (AvgIpc) is 4.14. The molecule has 2 aromatic heterocycles. The van der Waals surface area contributed by atoms with E-state index in [1.165, 1.54) is 85.5 Å². The molecule has 66 heavy (non-hydrogen) atoms. The van der Waals surface area contributed by atoms with Gasteiger partial charge in [0.15, 0.2) is 0 Å². The maximum absolute atomic E-state index is 2.49. The second kappa shape index (κ2) is 15.9. The Morgan fingerprint density at radius 3 is 0.833 bits per heavy atom. The lowest BCUT2D eigenvalue weighted by molar-refractivity contribution is 1.29. The molecular formula is C62H40N2S2. The zero-order valence-electron chi connectivity index (χ0n) is 35.8. The fraction of sp³-hybridized carbons (Fsp3) is 0. The van der Waals surface area contributed by atoms with Gasteiger partial charge in [-0.3, -0.25) is 0 Å². The van der Waals surface area contributed by atoms with Gasteiger partial charge < -0.3 is 9.80 Å². The first-order valence-corrected chi connectivity index (χ1v) is 24.1. The van der Waals surface area contributed by atoms with Crippen LogP contribution in [0.1, 0.15) is 0 Å². The minimum absolute atomic E-state index is 1.12. The largest absolute Gasteiger partial charge is 0.310 e. The molecule has 2 heterocycles. The standard InChI is InChI=1S/C62H40N2S2/c1-5-15-43(16-6-1)63(44-17-7-2-8-18-44)47-27-31-51-55(37-47)53-35-41(61-23-13-33-65-61)25-29-49(53)57-40-60-52-32-28-48(64(45-19-9-3-10-20-45)46-21-11-4-12-22-46)38-56(52)54-36-42(62-24-14-34-66-62)26-30-50(54)58(60)39-59(51)57/h1-40H. The molecule has 0 radical (unpaired) electrons. The summed E-state index contributed by atoms with van der Waals surface area (Å²) in [5, 5.41) is 19.3. The number of rotatable bonds is 8. The lowest BCUT2D eigenvalue weighted by Crippen LogP contribution is -2.09. The molecule has 0 unspecified atom stereocenters. The minimum Gasteiger partial charge on any atom is -0.310 e. The minimum atomic E-state index is 1.12. The van der Waals surface area contributed by atoms with Crippen LogP contribution < -0.4 is 9.80 Å². The summed E-state index contributed by atoms with van der Waals surface area (Å²) in [6.45, 7) is 0. The summed E-state index contributed by atoms with van der Waals surface area (Å²) in [6.07, 6.45) is 0. The summed E-state index contributed by atoms with van der Waals surface area (Å²) in [4.78, 5) is 7.28. The van der Waals surface area contributed by atoms with Crippen LogP contribution in [-0.2, 0) is 0 Å². The zero-order valence-corrected chi connectivity index (χ0v) is 37.4. The van der Waals surface area contributed by atoms with Crippen LogP contribution in [-0.4, -0.2) is 0 Å². The van der Waals surface area contributed by atoms with Crippen molar-refractivity contribution >= 4 is 121 Å². The van der Waals surface area contributed by atoms with Crippen LogP contribution >= 0.6 is 22.7 Å². The summed E-state index contributed by atoms with van der Waals surface area (Å²) < 4.78 is 0. The molecule has 13 rings (SSSR count). The van der Waals surface area contributed by atoms with E-state index in [0.29, 0.717) is 0 Å². The average molecular weight is 877 g/mol. The molecule has 0 spiro atoms. The molecule has 11 aromatic carbocycles. The van der Waals surface area contributed by atoms with Crippen LogP contribution in [0.3, 0.4) is 0 Å². The van der Waals surface area contributed by atoms with Crippen molar-refractivity contribution < 1.29 is 0 Å². The predicted molar refractivity (Wildman–Crippen MR) is 287 cm³/mol. The van der Waals surface area contributed by atoms with Gasteiger partial charge in [-0.15, -0.1) is 22.7 Å². The quantitative estimate of drug-likeness (QED) is 0.111. The van der Waals surface area contributed by atoms with Crippen LogP contribution in [0.2, 0.25) is 0 Å². The number of hydrogen-bond donors (Lipinski definition) is 0. The molecule has 0 aliphatic carbocycles. The zero-order chi connectivity index (χ0) is 43.6. The summed E-state index contributed by atoms with van der Waals surface area (Å²) >= 11 is 3.58. The van der Waals surface area contributed by atoms with Crippen LogP contribution in [0, 0.1) is 0 Å². The molecule has 0 fully saturated rings. The highest BCUT2D eigenvalue weighted by molar-refractivity contribution is 7.13. The van der Waals surface area contributed by atoms with Crippen molar-refractivity contribution in [3.63, 3.8) is 0 Å². The fourth-order valence-corrected chi connectivity index (χ4v) is 11.6. The van der Waals surface area contributed by atoms with Crippen molar-refractivity contribution in [2.75, 3.05) is 9.80 Å². The maximum atomic E-state index is 2.49. The first kappa shape index (κ1) is 38.4. The predicted octanol–water partition coefficient (Wildman–Crippen LogP) is 19.0. The number of fused-ring (bicyclic) bond motifs is 12. The van der Waals surface area contributed by atoms with E-state index in [1.807, 2.05) is 0 Å². The summed E-state index contributed by atoms with van der Waals surface area (Å²) in [5.74, 6) is 0. The van der Waals surface area contributed by atoms with E-state index < -0.39 is 0 Å². The number of hydrogen-bond acceptors (Lipinski definition) is 4. The van der Waals surface area contributed by atoms with Crippen molar-refractivity contribution in [2.24, 2.45) is 0 Å². The summed E-state index contributed by atoms with van der Waals surface area (Å²) in [6, 6.07) is 84.9. The summed E-state index contributed by atoms with van der Waals surface area (Å²) in [5.41, 5.74) is 9.20. The Morgan fingerprint density at radius 2 is 0.515 bits per heavy atom. The Kier molecular flexibility index (Phi) is 9.26. The van der Waals surface area contributed by atoms with E-state index in [-0.39, 0.29) is 0 Å². The van der Waals surface area contributed by atoms with E-state index in [0.717, 1.165) is 34.1 Å². The topological polar surface area (TPSA) is 6.48 Å². The van der Waals surface area contributed by atoms with Crippen molar-refractivity contribution in [1.29, 1.82) is 0 Å². The third-order valence-corrected chi connectivity index (χ3v) is 15.0. The Hall–Kier alpha value is -8.02. The second-order valence-electron chi connectivity index (χ2n) is 16.9. The van der Waals surface area contributed by atoms with Crippen molar-refractivity contribution in [3.8, 4) is 20.9 Å². The first-order chi connectivity index (χ1) is 32.7. The van der Waals surface area contributed by atoms with E-state index >= 15 is 0 Å². The SMILES string of the molecule is c1ccc(N(c2ccccc2)c2ccc3c(c2)c2cc(-c4cccs4)ccc2c2cc4c5ccc(N(c6ccccc6)c6ccccc6)cc5c5cc(-c6cccs6)ccc5c4cc32)cc1. The van der Waals surface area contributed by atoms with Gasteiger partial charge in [-0.05, 0) is 196 Å². The monoisotopic (exact) mass is 876 g/mol. The van der Waals surface area contributed by atoms with Gasteiger partial charge >= 0.3 is 0 Å². The highest BCUT2D eigenvalue weighted by Crippen LogP contribution is 2.47. The number of benzene rings is 11. The third-order valence-electron chi connectivity index (χ3n) is 13.1. The highest BCUT2D eigenvalue weighted by Gasteiger charge is 2.20. The molecule has 0 saturated carbocycles. The highest BCUT2D eigenvalue weighted by atomic mass is 32.1. The molecular weight excluding hydrogens is 837 g/mol. The number of thiophene rings is 2. The van der Waals surface area contributed by atoms with E-state index in [2.05, 4.69) is 251 Å². The van der Waals surface area contributed by atoms with Gasteiger partial charge in [-0.1, -0.05) is 121 Å². The lowest BCUT2D eigenvalue weighted by Gasteiger charge is -2.26. The van der Waals surface area contributed by atoms with Gasteiger partial charge in [0, 0.05) is 43.9 Å². The van der Waals surface area contributed by atoms with Gasteiger partial charge in [0.05, 0.1) is 0 Å². The fourth-order valence-electron chi connectivity index (χ4n) is 10.1. The Labute approximate surface area is 391 Å². The molecule has 0 saturated heterocycles. The molecule has 0 atom stereocenters. The van der Waals surface area contributed by atoms with Gasteiger partial charge in [-0.25, -0.2) is 0 Å². The maximum Gasteiger partial charge on any atom is 0.0468 e. The Bertz CT molecular complexity index is 3570. The van der Waals surface area contributed by atoms with Crippen LogP contribution in [0.25, 0.3) is 85.5 Å². The molecule has 0 bridgehead atoms. The lowest BCUT2D eigenvalue weighted by atomic mass is 9.87. The summed E-state index contributed by atoms with van der Waals surface area (Å²) in [7, 11) is 0. The van der Waals surface area contributed by atoms with E-state index in [9.17, 15) is 0 Å².